The Labute approximate surface area is 98.4 Å². The molecular weight excluding hydrogens is 238 g/mol. The summed E-state index contributed by atoms with van der Waals surface area (Å²) < 4.78 is 26.2. The van der Waals surface area contributed by atoms with Crippen LogP contribution in [-0.4, -0.2) is 18.5 Å². The molecule has 1 aromatic carbocycles. The number of nitrogens with one attached hydrogen (secondary N) is 1. The molecule has 0 saturated carbocycles. The SMILES string of the molecule is C[C@H](CN)NC(=O)c1c(F)cccc1F.Cl. The lowest BCUT2D eigenvalue weighted by molar-refractivity contribution is 0.0933. The lowest BCUT2D eigenvalue weighted by Crippen LogP contribution is -2.38. The van der Waals surface area contributed by atoms with Crippen molar-refractivity contribution in [1.29, 1.82) is 0 Å². The molecule has 0 spiro atoms. The molecule has 0 aliphatic carbocycles. The first-order chi connectivity index (χ1) is 7.06. The Kier molecular flexibility index (Phi) is 5.92. The quantitative estimate of drug-likeness (QED) is 0.854. The smallest absolute Gasteiger partial charge is 0.257 e. The fourth-order valence-electron chi connectivity index (χ4n) is 1.07. The third-order valence-electron chi connectivity index (χ3n) is 1.92. The fourth-order valence-corrected chi connectivity index (χ4v) is 1.07. The average molecular weight is 251 g/mol. The molecule has 0 heterocycles. The lowest BCUT2D eigenvalue weighted by Gasteiger charge is -2.11. The van der Waals surface area contributed by atoms with Gasteiger partial charge in [-0.1, -0.05) is 6.07 Å². The summed E-state index contributed by atoms with van der Waals surface area (Å²) >= 11 is 0. The molecule has 1 amide bonds. The van der Waals surface area contributed by atoms with Gasteiger partial charge in [0, 0.05) is 12.6 Å². The van der Waals surface area contributed by atoms with Gasteiger partial charge in [0.25, 0.3) is 5.91 Å². The number of carbonyl (C=O) groups excluding carboxylic acids is 1. The van der Waals surface area contributed by atoms with Crippen molar-refractivity contribution in [2.75, 3.05) is 6.54 Å². The summed E-state index contributed by atoms with van der Waals surface area (Å²) in [7, 11) is 0. The van der Waals surface area contributed by atoms with Gasteiger partial charge in [0.15, 0.2) is 0 Å². The first-order valence-corrected chi connectivity index (χ1v) is 4.51. The highest BCUT2D eigenvalue weighted by atomic mass is 35.5. The third-order valence-corrected chi connectivity index (χ3v) is 1.92. The van der Waals surface area contributed by atoms with Gasteiger partial charge in [0.1, 0.15) is 17.2 Å². The summed E-state index contributed by atoms with van der Waals surface area (Å²) in [4.78, 5) is 11.4. The molecule has 0 fully saturated rings. The molecular formula is C10H13ClF2N2O. The molecule has 6 heteroatoms. The van der Waals surface area contributed by atoms with Gasteiger partial charge in [-0.25, -0.2) is 8.78 Å². The molecule has 3 N–H and O–H groups in total. The molecule has 0 aromatic heterocycles. The zero-order valence-electron chi connectivity index (χ0n) is 8.67. The van der Waals surface area contributed by atoms with Crippen LogP contribution in [0.1, 0.15) is 17.3 Å². The van der Waals surface area contributed by atoms with Gasteiger partial charge in [-0.3, -0.25) is 4.79 Å². The number of amides is 1. The Hall–Kier alpha value is -1.20. The average Bonchev–Trinajstić information content (AvgIpc) is 2.17. The van der Waals surface area contributed by atoms with E-state index >= 15 is 0 Å². The molecule has 0 radical (unpaired) electrons. The number of halogens is 3. The highest BCUT2D eigenvalue weighted by molar-refractivity contribution is 5.94. The predicted molar refractivity (Wildman–Crippen MR) is 59.6 cm³/mol. The second-order valence-electron chi connectivity index (χ2n) is 3.21. The molecule has 3 nitrogen and oxygen atoms in total. The largest absolute Gasteiger partial charge is 0.348 e. The summed E-state index contributed by atoms with van der Waals surface area (Å²) in [6, 6.07) is 2.95. The van der Waals surface area contributed by atoms with Crippen LogP contribution in [0.4, 0.5) is 8.78 Å². The van der Waals surface area contributed by atoms with Crippen molar-refractivity contribution in [3.8, 4) is 0 Å². The minimum Gasteiger partial charge on any atom is -0.348 e. The van der Waals surface area contributed by atoms with Crippen LogP contribution in [0.15, 0.2) is 18.2 Å². The van der Waals surface area contributed by atoms with Crippen LogP contribution >= 0.6 is 12.4 Å². The van der Waals surface area contributed by atoms with Gasteiger partial charge in [-0.05, 0) is 19.1 Å². The standard InChI is InChI=1S/C10H12F2N2O.ClH/c1-6(5-13)14-10(15)9-7(11)3-2-4-8(9)12;/h2-4,6H,5,13H2,1H3,(H,14,15);1H/t6-;/m1./s1. The molecule has 90 valence electrons. The Balaban J connectivity index is 0.00000225. The molecule has 0 aliphatic heterocycles. The van der Waals surface area contributed by atoms with E-state index in [-0.39, 0.29) is 25.0 Å². The van der Waals surface area contributed by atoms with E-state index < -0.39 is 23.1 Å². The van der Waals surface area contributed by atoms with E-state index in [0.29, 0.717) is 0 Å². The van der Waals surface area contributed by atoms with Crippen LogP contribution < -0.4 is 11.1 Å². The fraction of sp³-hybridized carbons (Fsp3) is 0.300. The highest BCUT2D eigenvalue weighted by Crippen LogP contribution is 2.11. The van der Waals surface area contributed by atoms with E-state index in [4.69, 9.17) is 5.73 Å². The van der Waals surface area contributed by atoms with Gasteiger partial charge in [-0.2, -0.15) is 0 Å². The van der Waals surface area contributed by atoms with Crippen molar-refractivity contribution in [3.63, 3.8) is 0 Å². The number of rotatable bonds is 3. The van der Waals surface area contributed by atoms with Gasteiger partial charge in [-0.15, -0.1) is 12.4 Å². The zero-order chi connectivity index (χ0) is 11.4. The zero-order valence-corrected chi connectivity index (χ0v) is 9.48. The predicted octanol–water partition coefficient (Wildman–Crippen LogP) is 1.46. The van der Waals surface area contributed by atoms with Crippen LogP contribution in [0.3, 0.4) is 0 Å². The summed E-state index contributed by atoms with van der Waals surface area (Å²) in [5, 5.41) is 2.38. The van der Waals surface area contributed by atoms with Crippen LogP contribution in [-0.2, 0) is 0 Å². The molecule has 0 bridgehead atoms. The Bertz CT molecular complexity index is 354. The molecule has 0 aliphatic rings. The van der Waals surface area contributed by atoms with Crippen molar-refractivity contribution in [2.24, 2.45) is 5.73 Å². The van der Waals surface area contributed by atoms with Crippen LogP contribution in [0.25, 0.3) is 0 Å². The van der Waals surface area contributed by atoms with Gasteiger partial charge < -0.3 is 11.1 Å². The van der Waals surface area contributed by atoms with Crippen molar-refractivity contribution in [3.05, 3.63) is 35.4 Å². The first kappa shape index (κ1) is 14.8. The van der Waals surface area contributed by atoms with E-state index in [9.17, 15) is 13.6 Å². The van der Waals surface area contributed by atoms with E-state index in [1.807, 2.05) is 0 Å². The number of carbonyl (C=O) groups is 1. The van der Waals surface area contributed by atoms with Crippen molar-refractivity contribution < 1.29 is 13.6 Å². The number of benzene rings is 1. The molecule has 1 rings (SSSR count). The topological polar surface area (TPSA) is 55.1 Å². The Morgan fingerprint density at radius 1 is 1.44 bits per heavy atom. The van der Waals surface area contributed by atoms with E-state index in [1.165, 1.54) is 6.07 Å². The summed E-state index contributed by atoms with van der Waals surface area (Å²) in [5.74, 6) is -2.54. The maximum absolute atomic E-state index is 13.1. The van der Waals surface area contributed by atoms with Crippen molar-refractivity contribution in [2.45, 2.75) is 13.0 Å². The third kappa shape index (κ3) is 3.43. The van der Waals surface area contributed by atoms with Gasteiger partial charge >= 0.3 is 0 Å². The molecule has 1 atom stereocenters. The van der Waals surface area contributed by atoms with Crippen LogP contribution in [0, 0.1) is 11.6 Å². The van der Waals surface area contributed by atoms with Crippen LogP contribution in [0.2, 0.25) is 0 Å². The summed E-state index contributed by atoms with van der Waals surface area (Å²) in [6.45, 7) is 1.86. The Morgan fingerprint density at radius 3 is 2.38 bits per heavy atom. The Morgan fingerprint density at radius 2 is 1.94 bits per heavy atom. The minimum absolute atomic E-state index is 0. The number of hydrogen-bond donors (Lipinski definition) is 2. The summed E-state index contributed by atoms with van der Waals surface area (Å²) in [5.41, 5.74) is 4.70. The van der Waals surface area contributed by atoms with Gasteiger partial charge in [0.2, 0.25) is 0 Å². The minimum atomic E-state index is -0.878. The van der Waals surface area contributed by atoms with Gasteiger partial charge in [0.05, 0.1) is 0 Å². The number of hydrogen-bond acceptors (Lipinski definition) is 2. The molecule has 1 aromatic rings. The molecule has 0 saturated heterocycles. The first-order valence-electron chi connectivity index (χ1n) is 4.51. The second kappa shape index (κ2) is 6.40. The lowest BCUT2D eigenvalue weighted by atomic mass is 10.1. The maximum Gasteiger partial charge on any atom is 0.257 e. The number of nitrogens with two attached hydrogens (primary N) is 1. The molecule has 16 heavy (non-hydrogen) atoms. The summed E-state index contributed by atoms with van der Waals surface area (Å²) in [6.07, 6.45) is 0. The van der Waals surface area contributed by atoms with Crippen LogP contribution in [0.5, 0.6) is 0 Å². The van der Waals surface area contributed by atoms with Crippen molar-refractivity contribution in [1.82, 2.24) is 5.32 Å². The van der Waals surface area contributed by atoms with E-state index in [2.05, 4.69) is 5.32 Å². The second-order valence-corrected chi connectivity index (χ2v) is 3.21. The monoisotopic (exact) mass is 250 g/mol. The highest BCUT2D eigenvalue weighted by Gasteiger charge is 2.17. The van der Waals surface area contributed by atoms with E-state index in [0.717, 1.165) is 12.1 Å². The maximum atomic E-state index is 13.1. The molecule has 0 unspecified atom stereocenters. The van der Waals surface area contributed by atoms with E-state index in [1.54, 1.807) is 6.92 Å². The normalized spacial score (nSPS) is 11.5. The van der Waals surface area contributed by atoms with Crippen molar-refractivity contribution >= 4 is 18.3 Å².